The minimum absolute atomic E-state index is 0.297. The molecule has 0 rings (SSSR count). The van der Waals surface area contributed by atoms with Crippen LogP contribution in [0.1, 0.15) is 13.3 Å². The Morgan fingerprint density at radius 3 is 2.50 bits per heavy atom. The predicted molar refractivity (Wildman–Crippen MR) is 38.1 cm³/mol. The zero-order valence-corrected chi connectivity index (χ0v) is 6.91. The molecule has 0 saturated carbocycles. The number of hydrogen-bond acceptors (Lipinski definition) is 0. The summed E-state index contributed by atoms with van der Waals surface area (Å²) < 4.78 is 12.4. The van der Waals surface area contributed by atoms with E-state index in [2.05, 4.69) is 15.9 Å². The van der Waals surface area contributed by atoms with Gasteiger partial charge in [-0.25, -0.2) is 4.39 Å². The molecular weight excluding hydrogens is 194 g/mol. The summed E-state index contributed by atoms with van der Waals surface area (Å²) in [6.07, 6.45) is -0.355. The Morgan fingerprint density at radius 1 is 1.88 bits per heavy atom. The zero-order valence-electron chi connectivity index (χ0n) is 4.57. The van der Waals surface area contributed by atoms with Crippen LogP contribution in [-0.4, -0.2) is 11.0 Å². The summed E-state index contributed by atoms with van der Waals surface area (Å²) in [6, 6.07) is 0. The number of halogens is 3. The van der Waals surface area contributed by atoms with Crippen LogP contribution in [0, 0.1) is 5.88 Å². The lowest BCUT2D eigenvalue weighted by Crippen LogP contribution is -2.12. The molecule has 0 N–H and O–H groups in total. The maximum absolute atomic E-state index is 12.4. The average molecular weight is 202 g/mol. The van der Waals surface area contributed by atoms with Gasteiger partial charge in [0.1, 0.15) is 6.17 Å². The van der Waals surface area contributed by atoms with E-state index in [0.717, 1.165) is 0 Å². The van der Waals surface area contributed by atoms with Crippen LogP contribution in [0.3, 0.4) is 0 Å². The van der Waals surface area contributed by atoms with Gasteiger partial charge < -0.3 is 0 Å². The topological polar surface area (TPSA) is 0 Å². The van der Waals surface area contributed by atoms with E-state index in [1.807, 2.05) is 0 Å². The second kappa shape index (κ2) is 4.57. The molecule has 0 saturated heterocycles. The lowest BCUT2D eigenvalue weighted by molar-refractivity contribution is 0.334. The van der Waals surface area contributed by atoms with Crippen molar-refractivity contribution in [3.63, 3.8) is 0 Å². The van der Waals surface area contributed by atoms with Gasteiger partial charge in [-0.3, -0.25) is 0 Å². The van der Waals surface area contributed by atoms with Crippen molar-refractivity contribution >= 4 is 27.5 Å². The summed E-state index contributed by atoms with van der Waals surface area (Å²) >= 11 is 8.25. The first-order valence-electron chi connectivity index (χ1n) is 2.44. The van der Waals surface area contributed by atoms with Crippen molar-refractivity contribution in [3.8, 4) is 0 Å². The molecule has 0 fully saturated rings. The van der Waals surface area contributed by atoms with Crippen LogP contribution in [0.4, 0.5) is 4.39 Å². The van der Waals surface area contributed by atoms with Crippen molar-refractivity contribution in [1.82, 2.24) is 0 Å². The van der Waals surface area contributed by atoms with Crippen LogP contribution in [0.5, 0.6) is 0 Å². The third-order valence-corrected chi connectivity index (χ3v) is 2.27. The molecule has 0 bridgehead atoms. The molecule has 8 heavy (non-hydrogen) atoms. The lowest BCUT2D eigenvalue weighted by atomic mass is 10.2. The molecule has 0 aliphatic rings. The maximum Gasteiger partial charge on any atom is 0.114 e. The first kappa shape index (κ1) is 8.70. The molecule has 0 aromatic carbocycles. The summed E-state index contributed by atoms with van der Waals surface area (Å²) in [5.74, 6) is 1.29. The van der Waals surface area contributed by atoms with Crippen LogP contribution < -0.4 is 0 Å². The van der Waals surface area contributed by atoms with Gasteiger partial charge in [0.25, 0.3) is 0 Å². The van der Waals surface area contributed by atoms with Gasteiger partial charge in [-0.15, -0.1) is 11.6 Å². The molecule has 0 heterocycles. The van der Waals surface area contributed by atoms with E-state index < -0.39 is 6.17 Å². The largest absolute Gasteiger partial charge is 0.246 e. The smallest absolute Gasteiger partial charge is 0.114 e. The van der Waals surface area contributed by atoms with Crippen LogP contribution >= 0.6 is 27.5 Å². The Morgan fingerprint density at radius 2 is 2.38 bits per heavy atom. The Kier molecular flexibility index (Phi) is 4.97. The van der Waals surface area contributed by atoms with Gasteiger partial charge in [0.15, 0.2) is 0 Å². The van der Waals surface area contributed by atoms with Crippen LogP contribution in [-0.2, 0) is 0 Å². The van der Waals surface area contributed by atoms with Crippen LogP contribution in [0.25, 0.3) is 0 Å². The SMILES string of the molecule is CCC(F)C(Br)[CH]Cl. The molecule has 0 amide bonds. The maximum atomic E-state index is 12.4. The molecule has 0 aromatic heterocycles. The standard InChI is InChI=1S/C5H8BrClF/c1-2-5(8)4(6)3-7/h3-5H,2H2,1H3. The predicted octanol–water partition coefficient (Wildman–Crippen LogP) is 2.90. The van der Waals surface area contributed by atoms with Crippen LogP contribution in [0.2, 0.25) is 0 Å². The van der Waals surface area contributed by atoms with E-state index in [1.54, 1.807) is 6.92 Å². The molecule has 3 heteroatoms. The average Bonchev–Trinajstić information content (AvgIpc) is 1.84. The van der Waals surface area contributed by atoms with Crippen molar-refractivity contribution in [2.75, 3.05) is 0 Å². The molecule has 0 aliphatic carbocycles. The highest BCUT2D eigenvalue weighted by molar-refractivity contribution is 9.09. The van der Waals surface area contributed by atoms with Crippen molar-refractivity contribution in [3.05, 3.63) is 5.88 Å². The minimum Gasteiger partial charge on any atom is -0.246 e. The summed E-state index contributed by atoms with van der Waals surface area (Å²) in [5, 5.41) is 0. The summed E-state index contributed by atoms with van der Waals surface area (Å²) in [7, 11) is 0. The van der Waals surface area contributed by atoms with E-state index >= 15 is 0 Å². The first-order valence-corrected chi connectivity index (χ1v) is 3.79. The van der Waals surface area contributed by atoms with E-state index in [0.29, 0.717) is 6.42 Å². The highest BCUT2D eigenvalue weighted by Crippen LogP contribution is 2.16. The highest BCUT2D eigenvalue weighted by atomic mass is 79.9. The molecule has 2 atom stereocenters. The molecule has 1 radical (unpaired) electrons. The molecule has 0 nitrogen and oxygen atoms in total. The fourth-order valence-corrected chi connectivity index (χ4v) is 0.836. The van der Waals surface area contributed by atoms with Crippen molar-refractivity contribution < 1.29 is 4.39 Å². The van der Waals surface area contributed by atoms with Gasteiger partial charge in [-0.1, -0.05) is 22.9 Å². The normalized spacial score (nSPS) is 18.0. The second-order valence-electron chi connectivity index (χ2n) is 1.49. The second-order valence-corrected chi connectivity index (χ2v) is 2.80. The van der Waals surface area contributed by atoms with E-state index in [1.165, 1.54) is 5.88 Å². The number of rotatable bonds is 3. The van der Waals surface area contributed by atoms with Crippen molar-refractivity contribution in [2.24, 2.45) is 0 Å². The van der Waals surface area contributed by atoms with Gasteiger partial charge in [-0.05, 0) is 6.42 Å². The Labute approximate surface area is 62.5 Å². The molecule has 2 unspecified atom stereocenters. The monoisotopic (exact) mass is 201 g/mol. The number of alkyl halides is 2. The Bertz CT molecular complexity index is 52.4. The van der Waals surface area contributed by atoms with Gasteiger partial charge in [0.2, 0.25) is 0 Å². The van der Waals surface area contributed by atoms with Gasteiger partial charge in [-0.2, -0.15) is 0 Å². The molecule has 49 valence electrons. The molecule has 0 aliphatic heterocycles. The molecule has 0 aromatic rings. The highest BCUT2D eigenvalue weighted by Gasteiger charge is 2.13. The van der Waals surface area contributed by atoms with Gasteiger partial charge in [0.05, 0.1) is 10.7 Å². The fourth-order valence-electron chi connectivity index (χ4n) is 0.304. The first-order chi connectivity index (χ1) is 3.72. The van der Waals surface area contributed by atoms with Crippen molar-refractivity contribution in [1.29, 1.82) is 0 Å². The van der Waals surface area contributed by atoms with Gasteiger partial charge >= 0.3 is 0 Å². The van der Waals surface area contributed by atoms with Gasteiger partial charge in [0, 0.05) is 0 Å². The third kappa shape index (κ3) is 2.88. The quantitative estimate of drug-likeness (QED) is 0.618. The number of hydrogen-bond donors (Lipinski definition) is 0. The summed E-state index contributed by atoms with van der Waals surface area (Å²) in [5.41, 5.74) is 0. The molecule has 0 spiro atoms. The summed E-state index contributed by atoms with van der Waals surface area (Å²) in [4.78, 5) is -0.297. The van der Waals surface area contributed by atoms with Crippen LogP contribution in [0.15, 0.2) is 0 Å². The summed E-state index contributed by atoms with van der Waals surface area (Å²) in [6.45, 7) is 1.78. The third-order valence-electron chi connectivity index (χ3n) is 0.856. The zero-order chi connectivity index (χ0) is 6.57. The fraction of sp³-hybridized carbons (Fsp3) is 0.800. The Balaban J connectivity index is 3.29. The van der Waals surface area contributed by atoms with E-state index in [-0.39, 0.29) is 4.83 Å². The molecular formula is C5H8BrClF. The Hall–Kier alpha value is 0.700. The van der Waals surface area contributed by atoms with Crippen molar-refractivity contribution in [2.45, 2.75) is 24.3 Å². The van der Waals surface area contributed by atoms with E-state index in [4.69, 9.17) is 11.6 Å². The minimum atomic E-state index is -0.854. The van der Waals surface area contributed by atoms with E-state index in [9.17, 15) is 4.39 Å². The lowest BCUT2D eigenvalue weighted by Gasteiger charge is -2.07.